The van der Waals surface area contributed by atoms with E-state index in [0.717, 1.165) is 57.2 Å². The van der Waals surface area contributed by atoms with Crippen molar-refractivity contribution in [2.45, 2.75) is 57.3 Å². The number of rotatable bonds is 7. The number of amides is 1. The van der Waals surface area contributed by atoms with Crippen LogP contribution in [0.1, 0.15) is 38.2 Å². The maximum Gasteiger partial charge on any atom is 0.234 e. The van der Waals surface area contributed by atoms with E-state index in [1.54, 1.807) is 19.1 Å². The van der Waals surface area contributed by atoms with Crippen LogP contribution in [-0.4, -0.2) is 52.2 Å². The summed E-state index contributed by atoms with van der Waals surface area (Å²) < 4.78 is 21.7. The summed E-state index contributed by atoms with van der Waals surface area (Å²) in [5, 5.41) is 12.3. The van der Waals surface area contributed by atoms with Crippen molar-refractivity contribution >= 4 is 29.3 Å². The fourth-order valence-electron chi connectivity index (χ4n) is 3.98. The average Bonchev–Trinajstić information content (AvgIpc) is 3.40. The number of nitrogens with zero attached hydrogens (tertiary/aromatic N) is 4. The first-order valence-corrected chi connectivity index (χ1v) is 12.0. The van der Waals surface area contributed by atoms with E-state index in [-0.39, 0.29) is 23.6 Å². The minimum absolute atomic E-state index is 0.155. The Morgan fingerprint density at radius 1 is 1.29 bits per heavy atom. The molecule has 2 aromatic rings. The van der Waals surface area contributed by atoms with Gasteiger partial charge < -0.3 is 15.0 Å². The van der Waals surface area contributed by atoms with E-state index in [9.17, 15) is 9.18 Å². The number of piperidine rings is 1. The first-order chi connectivity index (χ1) is 15.0. The SMILES string of the molecule is Cc1ccc(NC(=O)CSc2nnc(N3CCC(C)CC3)n2C[C@H]2CCCO2)cc1F. The van der Waals surface area contributed by atoms with Crippen LogP contribution >= 0.6 is 11.8 Å². The lowest BCUT2D eigenvalue weighted by Crippen LogP contribution is -2.35. The molecular weight excluding hydrogens is 417 g/mol. The molecule has 2 aliphatic rings. The summed E-state index contributed by atoms with van der Waals surface area (Å²) in [5.74, 6) is 1.24. The summed E-state index contributed by atoms with van der Waals surface area (Å²) >= 11 is 1.35. The van der Waals surface area contributed by atoms with Crippen molar-refractivity contribution in [3.8, 4) is 0 Å². The van der Waals surface area contributed by atoms with Gasteiger partial charge in [-0.25, -0.2) is 4.39 Å². The van der Waals surface area contributed by atoms with E-state index < -0.39 is 0 Å². The lowest BCUT2D eigenvalue weighted by atomic mass is 10.00. The predicted octanol–water partition coefficient (Wildman–Crippen LogP) is 3.87. The molecule has 31 heavy (non-hydrogen) atoms. The first-order valence-electron chi connectivity index (χ1n) is 11.0. The summed E-state index contributed by atoms with van der Waals surface area (Å²) in [6.07, 6.45) is 4.54. The topological polar surface area (TPSA) is 72.3 Å². The van der Waals surface area contributed by atoms with E-state index in [0.29, 0.717) is 23.0 Å². The van der Waals surface area contributed by atoms with Crippen LogP contribution in [0, 0.1) is 18.7 Å². The molecule has 0 unspecified atom stereocenters. The van der Waals surface area contributed by atoms with E-state index in [1.807, 2.05) is 0 Å². The molecule has 2 saturated heterocycles. The summed E-state index contributed by atoms with van der Waals surface area (Å²) in [6.45, 7) is 7.40. The van der Waals surface area contributed by atoms with Crippen molar-refractivity contribution in [2.24, 2.45) is 5.92 Å². The molecule has 7 nitrogen and oxygen atoms in total. The smallest absolute Gasteiger partial charge is 0.234 e. The van der Waals surface area contributed by atoms with Gasteiger partial charge in [-0.05, 0) is 56.2 Å². The van der Waals surface area contributed by atoms with Crippen molar-refractivity contribution in [1.82, 2.24) is 14.8 Å². The fraction of sp³-hybridized carbons (Fsp3) is 0.591. The fourth-order valence-corrected chi connectivity index (χ4v) is 4.72. The number of carbonyl (C=O) groups is 1. The zero-order valence-corrected chi connectivity index (χ0v) is 19.0. The minimum Gasteiger partial charge on any atom is -0.376 e. The van der Waals surface area contributed by atoms with Gasteiger partial charge in [0.25, 0.3) is 0 Å². The van der Waals surface area contributed by atoms with E-state index in [2.05, 4.69) is 31.9 Å². The molecule has 0 radical (unpaired) electrons. The number of halogens is 1. The van der Waals surface area contributed by atoms with Crippen LogP contribution in [0.5, 0.6) is 0 Å². The van der Waals surface area contributed by atoms with Gasteiger partial charge in [0.05, 0.1) is 18.4 Å². The molecule has 0 saturated carbocycles. The summed E-state index contributed by atoms with van der Waals surface area (Å²) in [7, 11) is 0. The summed E-state index contributed by atoms with van der Waals surface area (Å²) in [5.41, 5.74) is 1.01. The van der Waals surface area contributed by atoms with Crippen molar-refractivity contribution in [2.75, 3.05) is 35.7 Å². The zero-order chi connectivity index (χ0) is 21.8. The van der Waals surface area contributed by atoms with Crippen molar-refractivity contribution in [3.63, 3.8) is 0 Å². The van der Waals surface area contributed by atoms with Crippen LogP contribution < -0.4 is 10.2 Å². The number of aryl methyl sites for hydroxylation is 1. The average molecular weight is 448 g/mol. The molecule has 0 spiro atoms. The molecule has 3 heterocycles. The molecular formula is C22H30FN5O2S. The van der Waals surface area contributed by atoms with Crippen molar-refractivity contribution in [3.05, 3.63) is 29.6 Å². The van der Waals surface area contributed by atoms with Gasteiger partial charge in [-0.1, -0.05) is 24.8 Å². The Balaban J connectivity index is 1.43. The number of thioether (sulfide) groups is 1. The second-order valence-electron chi connectivity index (χ2n) is 8.50. The molecule has 4 rings (SSSR count). The minimum atomic E-state index is -0.331. The largest absolute Gasteiger partial charge is 0.376 e. The van der Waals surface area contributed by atoms with Gasteiger partial charge in [-0.15, -0.1) is 10.2 Å². The quantitative estimate of drug-likeness (QED) is 0.650. The molecule has 2 fully saturated rings. The monoisotopic (exact) mass is 447 g/mol. The number of ether oxygens (including phenoxy) is 1. The molecule has 1 N–H and O–H groups in total. The lowest BCUT2D eigenvalue weighted by molar-refractivity contribution is -0.113. The number of benzene rings is 1. The number of hydrogen-bond acceptors (Lipinski definition) is 6. The lowest BCUT2D eigenvalue weighted by Gasteiger charge is -2.31. The molecule has 168 valence electrons. The molecule has 0 aliphatic carbocycles. The molecule has 2 aliphatic heterocycles. The van der Waals surface area contributed by atoms with Gasteiger partial charge in [0.2, 0.25) is 11.9 Å². The van der Waals surface area contributed by atoms with Gasteiger partial charge in [0, 0.05) is 25.4 Å². The van der Waals surface area contributed by atoms with E-state index in [1.165, 1.54) is 17.8 Å². The van der Waals surface area contributed by atoms with Gasteiger partial charge in [-0.3, -0.25) is 9.36 Å². The Hall–Kier alpha value is -2.13. The summed E-state index contributed by atoms with van der Waals surface area (Å²) in [4.78, 5) is 14.7. The van der Waals surface area contributed by atoms with Crippen LogP contribution in [0.3, 0.4) is 0 Å². The van der Waals surface area contributed by atoms with Gasteiger partial charge in [0.15, 0.2) is 5.16 Å². The Morgan fingerprint density at radius 3 is 2.81 bits per heavy atom. The van der Waals surface area contributed by atoms with Crippen molar-refractivity contribution < 1.29 is 13.9 Å². The standard InChI is InChI=1S/C22H30FN5O2S/c1-15-7-9-27(10-8-15)21-25-26-22(28(21)13-18-4-3-11-30-18)31-14-20(29)24-17-6-5-16(2)19(23)12-17/h5-6,12,15,18H,3-4,7-11,13-14H2,1-2H3,(H,24,29)/t18-/m1/s1. The second kappa shape index (κ2) is 9.99. The molecule has 0 bridgehead atoms. The highest BCUT2D eigenvalue weighted by Gasteiger charge is 2.26. The van der Waals surface area contributed by atoms with Crippen LogP contribution in [0.2, 0.25) is 0 Å². The number of aromatic nitrogens is 3. The maximum absolute atomic E-state index is 13.7. The Morgan fingerprint density at radius 2 is 2.10 bits per heavy atom. The third-order valence-corrected chi connectivity index (χ3v) is 6.93. The van der Waals surface area contributed by atoms with Crippen LogP contribution in [0.15, 0.2) is 23.4 Å². The third-order valence-electron chi connectivity index (χ3n) is 5.96. The molecule has 1 aromatic heterocycles. The number of carbonyl (C=O) groups excluding carboxylic acids is 1. The predicted molar refractivity (Wildman–Crippen MR) is 120 cm³/mol. The van der Waals surface area contributed by atoms with Crippen LogP contribution in [0.25, 0.3) is 0 Å². The van der Waals surface area contributed by atoms with Gasteiger partial charge in [0.1, 0.15) is 5.82 Å². The maximum atomic E-state index is 13.7. The number of anilines is 2. The highest BCUT2D eigenvalue weighted by molar-refractivity contribution is 7.99. The summed E-state index contributed by atoms with van der Waals surface area (Å²) in [6, 6.07) is 4.70. The number of nitrogens with one attached hydrogen (secondary N) is 1. The number of hydrogen-bond donors (Lipinski definition) is 1. The highest BCUT2D eigenvalue weighted by Crippen LogP contribution is 2.28. The Labute approximate surface area is 186 Å². The van der Waals surface area contributed by atoms with Crippen LogP contribution in [-0.2, 0) is 16.1 Å². The Kier molecular flexibility index (Phi) is 7.12. The molecule has 1 amide bonds. The third kappa shape index (κ3) is 5.57. The highest BCUT2D eigenvalue weighted by atomic mass is 32.2. The van der Waals surface area contributed by atoms with Crippen LogP contribution in [0.4, 0.5) is 16.0 Å². The van der Waals surface area contributed by atoms with Crippen molar-refractivity contribution in [1.29, 1.82) is 0 Å². The second-order valence-corrected chi connectivity index (χ2v) is 9.44. The molecule has 1 atom stereocenters. The van der Waals surface area contributed by atoms with Gasteiger partial charge >= 0.3 is 0 Å². The molecule has 1 aromatic carbocycles. The molecule has 9 heteroatoms. The first kappa shape index (κ1) is 22.1. The van der Waals surface area contributed by atoms with E-state index in [4.69, 9.17) is 4.74 Å². The Bertz CT molecular complexity index is 907. The normalized spacial score (nSPS) is 19.7. The van der Waals surface area contributed by atoms with Gasteiger partial charge in [-0.2, -0.15) is 0 Å². The van der Waals surface area contributed by atoms with E-state index >= 15 is 0 Å². The zero-order valence-electron chi connectivity index (χ0n) is 18.1.